The highest BCUT2D eigenvalue weighted by molar-refractivity contribution is 9.09. The van der Waals surface area contributed by atoms with Crippen molar-refractivity contribution in [1.82, 2.24) is 0 Å². The highest BCUT2D eigenvalue weighted by Gasteiger charge is 2.12. The van der Waals surface area contributed by atoms with Gasteiger partial charge in [-0.2, -0.15) is 0 Å². The van der Waals surface area contributed by atoms with Crippen molar-refractivity contribution in [2.75, 3.05) is 0 Å². The average molecular weight is 291 g/mol. The maximum atomic E-state index is 13.6. The second kappa shape index (κ2) is 6.33. The van der Waals surface area contributed by atoms with E-state index >= 15 is 0 Å². The summed E-state index contributed by atoms with van der Waals surface area (Å²) < 4.78 is 27.1. The quantitative estimate of drug-likeness (QED) is 0.685. The van der Waals surface area contributed by atoms with E-state index in [1.807, 2.05) is 0 Å². The Morgan fingerprint density at radius 2 is 1.94 bits per heavy atom. The molecule has 0 aliphatic heterocycles. The molecule has 0 aliphatic carbocycles. The molecule has 16 heavy (non-hydrogen) atoms. The summed E-state index contributed by atoms with van der Waals surface area (Å²) in [6.07, 6.45) is 3.34. The lowest BCUT2D eigenvalue weighted by Crippen LogP contribution is -2.04. The largest absolute Gasteiger partial charge is 0.207 e. The average Bonchev–Trinajstić information content (AvgIpc) is 2.24. The fourth-order valence-corrected chi connectivity index (χ4v) is 2.39. The number of benzene rings is 1. The van der Waals surface area contributed by atoms with Crippen LogP contribution < -0.4 is 0 Å². The van der Waals surface area contributed by atoms with Gasteiger partial charge in [0, 0.05) is 10.4 Å². The van der Waals surface area contributed by atoms with Crippen LogP contribution in [-0.2, 0) is 6.42 Å². The molecule has 1 unspecified atom stereocenters. The Morgan fingerprint density at radius 3 is 2.56 bits per heavy atom. The van der Waals surface area contributed by atoms with Gasteiger partial charge in [-0.3, -0.25) is 0 Å². The maximum absolute atomic E-state index is 13.6. The van der Waals surface area contributed by atoms with Crippen LogP contribution in [0.1, 0.15) is 37.3 Å². The van der Waals surface area contributed by atoms with Crippen molar-refractivity contribution in [3.63, 3.8) is 0 Å². The third kappa shape index (κ3) is 3.55. The zero-order chi connectivity index (χ0) is 12.1. The zero-order valence-electron chi connectivity index (χ0n) is 9.69. The van der Waals surface area contributed by atoms with Crippen LogP contribution in [0.2, 0.25) is 0 Å². The molecule has 1 aromatic rings. The van der Waals surface area contributed by atoms with Crippen LogP contribution in [0.3, 0.4) is 0 Å². The summed E-state index contributed by atoms with van der Waals surface area (Å²) in [6.45, 7) is 3.76. The molecule has 0 nitrogen and oxygen atoms in total. The van der Waals surface area contributed by atoms with E-state index in [4.69, 9.17) is 0 Å². The van der Waals surface area contributed by atoms with Crippen LogP contribution in [0.15, 0.2) is 12.1 Å². The van der Waals surface area contributed by atoms with Gasteiger partial charge in [0.25, 0.3) is 0 Å². The summed E-state index contributed by atoms with van der Waals surface area (Å²) in [4.78, 5) is 0.344. The second-order valence-electron chi connectivity index (χ2n) is 4.08. The topological polar surface area (TPSA) is 0 Å². The molecule has 0 amide bonds. The van der Waals surface area contributed by atoms with E-state index in [-0.39, 0.29) is 5.56 Å². The van der Waals surface area contributed by atoms with Crippen molar-refractivity contribution in [2.45, 2.75) is 44.4 Å². The predicted octanol–water partition coefficient (Wildman–Crippen LogP) is 4.77. The van der Waals surface area contributed by atoms with Gasteiger partial charge in [-0.15, -0.1) is 0 Å². The Balaban J connectivity index is 2.70. The molecular formula is C13H17BrF2. The predicted molar refractivity (Wildman–Crippen MR) is 67.0 cm³/mol. The minimum atomic E-state index is -0.431. The summed E-state index contributed by atoms with van der Waals surface area (Å²) >= 11 is 3.52. The molecular weight excluding hydrogens is 274 g/mol. The van der Waals surface area contributed by atoms with Gasteiger partial charge in [0.15, 0.2) is 0 Å². The Kier molecular flexibility index (Phi) is 5.39. The fourth-order valence-electron chi connectivity index (χ4n) is 1.70. The van der Waals surface area contributed by atoms with E-state index in [2.05, 4.69) is 22.9 Å². The normalized spacial score (nSPS) is 12.8. The third-order valence-corrected chi connectivity index (χ3v) is 3.60. The summed E-state index contributed by atoms with van der Waals surface area (Å²) in [5.74, 6) is -0.824. The summed E-state index contributed by atoms with van der Waals surface area (Å²) in [5, 5.41) is 0. The van der Waals surface area contributed by atoms with Crippen LogP contribution in [0.4, 0.5) is 8.78 Å². The Labute approximate surface area is 104 Å². The first-order valence-electron chi connectivity index (χ1n) is 5.63. The molecule has 90 valence electrons. The van der Waals surface area contributed by atoms with Crippen molar-refractivity contribution in [3.8, 4) is 0 Å². The van der Waals surface area contributed by atoms with E-state index in [0.717, 1.165) is 19.3 Å². The van der Waals surface area contributed by atoms with Crippen molar-refractivity contribution in [2.24, 2.45) is 0 Å². The molecule has 0 N–H and O–H groups in total. The smallest absolute Gasteiger partial charge is 0.132 e. The van der Waals surface area contributed by atoms with E-state index in [9.17, 15) is 8.78 Å². The third-order valence-electron chi connectivity index (χ3n) is 2.69. The van der Waals surface area contributed by atoms with Crippen LogP contribution in [-0.4, -0.2) is 4.83 Å². The van der Waals surface area contributed by atoms with E-state index in [1.54, 1.807) is 6.92 Å². The van der Waals surface area contributed by atoms with Gasteiger partial charge in [0.05, 0.1) is 0 Å². The first-order chi connectivity index (χ1) is 7.56. The van der Waals surface area contributed by atoms with Gasteiger partial charge in [-0.1, -0.05) is 35.3 Å². The molecule has 0 saturated carbocycles. The molecule has 1 rings (SSSR count). The lowest BCUT2D eigenvalue weighted by Gasteiger charge is -2.10. The summed E-state index contributed by atoms with van der Waals surface area (Å²) in [5.41, 5.74) is 0.735. The molecule has 0 heterocycles. The van der Waals surface area contributed by atoms with Gasteiger partial charge < -0.3 is 0 Å². The van der Waals surface area contributed by atoms with Gasteiger partial charge >= 0.3 is 0 Å². The maximum Gasteiger partial charge on any atom is 0.132 e. The zero-order valence-corrected chi connectivity index (χ0v) is 11.3. The lowest BCUT2D eigenvalue weighted by atomic mass is 10.0. The highest BCUT2D eigenvalue weighted by Crippen LogP contribution is 2.21. The van der Waals surface area contributed by atoms with E-state index in [1.165, 1.54) is 12.1 Å². The molecule has 3 heteroatoms. The number of aryl methyl sites for hydroxylation is 1. The summed E-state index contributed by atoms with van der Waals surface area (Å²) in [6, 6.07) is 2.82. The lowest BCUT2D eigenvalue weighted by molar-refractivity contribution is 0.541. The van der Waals surface area contributed by atoms with Crippen molar-refractivity contribution >= 4 is 15.9 Å². The molecule has 0 bridgehead atoms. The van der Waals surface area contributed by atoms with Crippen LogP contribution in [0.5, 0.6) is 0 Å². The van der Waals surface area contributed by atoms with Gasteiger partial charge in [0.1, 0.15) is 11.6 Å². The number of hydrogen-bond acceptors (Lipinski definition) is 0. The fraction of sp³-hybridized carbons (Fsp3) is 0.538. The first-order valence-corrected chi connectivity index (χ1v) is 6.55. The van der Waals surface area contributed by atoms with E-state index < -0.39 is 11.6 Å². The summed E-state index contributed by atoms with van der Waals surface area (Å²) in [7, 11) is 0. The molecule has 0 aliphatic rings. The number of halogens is 3. The van der Waals surface area contributed by atoms with Gasteiger partial charge in [-0.25, -0.2) is 8.78 Å². The second-order valence-corrected chi connectivity index (χ2v) is 5.38. The Bertz CT molecular complexity index is 350. The number of alkyl halides is 1. The van der Waals surface area contributed by atoms with Crippen molar-refractivity contribution < 1.29 is 8.78 Å². The SMILES string of the molecule is CCCC(Br)CCc1c(F)ccc(C)c1F. The van der Waals surface area contributed by atoms with Crippen LogP contribution in [0, 0.1) is 18.6 Å². The molecule has 0 spiro atoms. The standard InChI is InChI=1S/C13H17BrF2/c1-3-4-10(14)6-7-11-12(15)8-5-9(2)13(11)16/h5,8,10H,3-4,6-7H2,1-2H3. The number of rotatable bonds is 5. The van der Waals surface area contributed by atoms with Crippen molar-refractivity contribution in [3.05, 3.63) is 34.9 Å². The minimum absolute atomic E-state index is 0.223. The van der Waals surface area contributed by atoms with Crippen molar-refractivity contribution in [1.29, 1.82) is 0 Å². The Hall–Kier alpha value is -0.440. The molecule has 0 aromatic heterocycles. The monoisotopic (exact) mass is 290 g/mol. The Morgan fingerprint density at radius 1 is 1.25 bits per heavy atom. The molecule has 1 atom stereocenters. The minimum Gasteiger partial charge on any atom is -0.207 e. The first kappa shape index (κ1) is 13.6. The molecule has 0 saturated heterocycles. The molecule has 0 fully saturated rings. The van der Waals surface area contributed by atoms with Crippen LogP contribution in [0.25, 0.3) is 0 Å². The highest BCUT2D eigenvalue weighted by atomic mass is 79.9. The number of hydrogen-bond donors (Lipinski definition) is 0. The van der Waals surface area contributed by atoms with Gasteiger partial charge in [0.2, 0.25) is 0 Å². The van der Waals surface area contributed by atoms with Crippen LogP contribution >= 0.6 is 15.9 Å². The van der Waals surface area contributed by atoms with E-state index in [0.29, 0.717) is 16.8 Å². The molecule has 0 radical (unpaired) electrons. The molecule has 1 aromatic carbocycles. The van der Waals surface area contributed by atoms with Gasteiger partial charge in [-0.05, 0) is 37.8 Å².